The molecule has 0 aromatic carbocycles. The van der Waals surface area contributed by atoms with Crippen LogP contribution < -0.4 is 5.73 Å². The Morgan fingerprint density at radius 3 is 2.22 bits per heavy atom. The molecule has 1 aliphatic rings. The van der Waals surface area contributed by atoms with Crippen molar-refractivity contribution < 1.29 is 0 Å². The van der Waals surface area contributed by atoms with Gasteiger partial charge in [0.1, 0.15) is 0 Å². The predicted octanol–water partition coefficient (Wildman–Crippen LogP) is 3.51. The topological polar surface area (TPSA) is 29.3 Å². The second-order valence-corrected chi connectivity index (χ2v) is 8.47. The Morgan fingerprint density at radius 2 is 1.78 bits per heavy atom. The van der Waals surface area contributed by atoms with Crippen molar-refractivity contribution >= 4 is 0 Å². The van der Waals surface area contributed by atoms with Crippen LogP contribution in [0.4, 0.5) is 0 Å². The monoisotopic (exact) mass is 254 g/mol. The van der Waals surface area contributed by atoms with Crippen molar-refractivity contribution in [2.75, 3.05) is 19.6 Å². The Bertz CT molecular complexity index is 247. The predicted molar refractivity (Wildman–Crippen MR) is 80.7 cm³/mol. The van der Waals surface area contributed by atoms with Crippen LogP contribution in [0.3, 0.4) is 0 Å². The summed E-state index contributed by atoms with van der Waals surface area (Å²) >= 11 is 0. The van der Waals surface area contributed by atoms with Gasteiger partial charge in [-0.15, -0.1) is 0 Å². The summed E-state index contributed by atoms with van der Waals surface area (Å²) in [4.78, 5) is 2.61. The molecular formula is C16H34N2. The first-order valence-corrected chi connectivity index (χ1v) is 7.56. The maximum atomic E-state index is 6.23. The van der Waals surface area contributed by atoms with Gasteiger partial charge in [0, 0.05) is 12.6 Å². The number of likely N-dealkylation sites (tertiary alicyclic amines) is 1. The molecule has 18 heavy (non-hydrogen) atoms. The molecule has 0 spiro atoms. The highest BCUT2D eigenvalue weighted by Crippen LogP contribution is 2.33. The van der Waals surface area contributed by atoms with Crippen molar-refractivity contribution in [3.8, 4) is 0 Å². The molecule has 0 bridgehead atoms. The van der Waals surface area contributed by atoms with E-state index in [4.69, 9.17) is 5.73 Å². The number of rotatable bonds is 4. The first-order valence-electron chi connectivity index (χ1n) is 7.56. The van der Waals surface area contributed by atoms with Crippen molar-refractivity contribution in [3.05, 3.63) is 0 Å². The van der Waals surface area contributed by atoms with Crippen molar-refractivity contribution in [1.82, 2.24) is 4.90 Å². The Hall–Kier alpha value is -0.0800. The van der Waals surface area contributed by atoms with Crippen LogP contribution in [0.1, 0.15) is 60.8 Å². The molecule has 0 aliphatic carbocycles. The van der Waals surface area contributed by atoms with Crippen LogP contribution in [0.2, 0.25) is 0 Å². The van der Waals surface area contributed by atoms with Crippen molar-refractivity contribution in [2.45, 2.75) is 66.8 Å². The second kappa shape index (κ2) is 5.92. The molecule has 2 N–H and O–H groups in total. The second-order valence-electron chi connectivity index (χ2n) is 8.47. The van der Waals surface area contributed by atoms with Crippen LogP contribution in [-0.2, 0) is 0 Å². The van der Waals surface area contributed by atoms with Crippen LogP contribution in [0, 0.1) is 16.7 Å². The largest absolute Gasteiger partial charge is 0.328 e. The highest BCUT2D eigenvalue weighted by Gasteiger charge is 2.31. The lowest BCUT2D eigenvalue weighted by Gasteiger charge is -2.28. The Kier molecular flexibility index (Phi) is 5.25. The molecule has 2 atom stereocenters. The van der Waals surface area contributed by atoms with E-state index < -0.39 is 0 Å². The van der Waals surface area contributed by atoms with Crippen LogP contribution in [0.5, 0.6) is 0 Å². The van der Waals surface area contributed by atoms with E-state index in [9.17, 15) is 0 Å². The van der Waals surface area contributed by atoms with E-state index in [0.29, 0.717) is 16.9 Å². The molecule has 0 aromatic rings. The van der Waals surface area contributed by atoms with E-state index in [1.165, 1.54) is 26.1 Å². The molecule has 2 unspecified atom stereocenters. The van der Waals surface area contributed by atoms with Gasteiger partial charge in [0.15, 0.2) is 0 Å². The summed E-state index contributed by atoms with van der Waals surface area (Å²) < 4.78 is 0. The number of hydrogen-bond donors (Lipinski definition) is 1. The summed E-state index contributed by atoms with van der Waals surface area (Å²) in [6.45, 7) is 17.7. The van der Waals surface area contributed by atoms with E-state index in [1.54, 1.807) is 0 Å². The number of hydrogen-bond acceptors (Lipinski definition) is 2. The van der Waals surface area contributed by atoms with Gasteiger partial charge in [-0.05, 0) is 49.1 Å². The minimum Gasteiger partial charge on any atom is -0.328 e. The summed E-state index contributed by atoms with van der Waals surface area (Å²) in [6.07, 6.45) is 3.63. The zero-order valence-electron chi connectivity index (χ0n) is 13.4. The molecule has 1 aliphatic heterocycles. The molecule has 2 heteroatoms. The lowest BCUT2D eigenvalue weighted by Crippen LogP contribution is -2.33. The lowest BCUT2D eigenvalue weighted by atomic mass is 9.80. The van der Waals surface area contributed by atoms with Gasteiger partial charge in [-0.25, -0.2) is 0 Å². The van der Waals surface area contributed by atoms with Gasteiger partial charge in [-0.3, -0.25) is 0 Å². The van der Waals surface area contributed by atoms with E-state index in [2.05, 4.69) is 46.4 Å². The smallest absolute Gasteiger partial charge is 0.00559 e. The third kappa shape index (κ3) is 5.71. The summed E-state index contributed by atoms with van der Waals surface area (Å²) in [7, 11) is 0. The lowest BCUT2D eigenvalue weighted by molar-refractivity contribution is 0.222. The molecule has 1 fully saturated rings. The zero-order chi connectivity index (χ0) is 14.0. The fraction of sp³-hybridized carbons (Fsp3) is 1.00. The molecule has 108 valence electrons. The minimum atomic E-state index is 0.359. The van der Waals surface area contributed by atoms with Gasteiger partial charge < -0.3 is 10.6 Å². The quantitative estimate of drug-likeness (QED) is 0.832. The summed E-state index contributed by atoms with van der Waals surface area (Å²) in [6, 6.07) is 0.360. The Morgan fingerprint density at radius 1 is 1.17 bits per heavy atom. The summed E-state index contributed by atoms with van der Waals surface area (Å²) in [5.74, 6) is 0.858. The third-order valence-electron chi connectivity index (χ3n) is 4.19. The van der Waals surface area contributed by atoms with Gasteiger partial charge in [-0.2, -0.15) is 0 Å². The van der Waals surface area contributed by atoms with Gasteiger partial charge in [-0.1, -0.05) is 41.5 Å². The van der Waals surface area contributed by atoms with Crippen LogP contribution in [-0.4, -0.2) is 30.6 Å². The normalized spacial score (nSPS) is 24.5. The van der Waals surface area contributed by atoms with Crippen molar-refractivity contribution in [3.63, 3.8) is 0 Å². The molecular weight excluding hydrogens is 220 g/mol. The van der Waals surface area contributed by atoms with Gasteiger partial charge in [0.25, 0.3) is 0 Å². The van der Waals surface area contributed by atoms with Crippen LogP contribution in [0.25, 0.3) is 0 Å². The van der Waals surface area contributed by atoms with Crippen molar-refractivity contribution in [1.29, 1.82) is 0 Å². The summed E-state index contributed by atoms with van der Waals surface area (Å²) in [5.41, 5.74) is 7.05. The fourth-order valence-corrected chi connectivity index (χ4v) is 2.98. The SMILES string of the molecule is CC(C)(C)CC(N)CCN1CCC(C(C)(C)C)C1. The van der Waals surface area contributed by atoms with Crippen LogP contribution in [0.15, 0.2) is 0 Å². The van der Waals surface area contributed by atoms with Crippen LogP contribution >= 0.6 is 0 Å². The molecule has 0 radical (unpaired) electrons. The average molecular weight is 254 g/mol. The molecule has 1 rings (SSSR count). The molecule has 0 aromatic heterocycles. The van der Waals surface area contributed by atoms with E-state index in [-0.39, 0.29) is 0 Å². The van der Waals surface area contributed by atoms with Gasteiger partial charge in [0.2, 0.25) is 0 Å². The van der Waals surface area contributed by atoms with Gasteiger partial charge in [0.05, 0.1) is 0 Å². The Labute approximate surface area is 114 Å². The minimum absolute atomic E-state index is 0.359. The number of nitrogens with zero attached hydrogens (tertiary/aromatic N) is 1. The molecule has 1 heterocycles. The number of nitrogens with two attached hydrogens (primary N) is 1. The molecule has 1 saturated heterocycles. The first kappa shape index (κ1) is 16.0. The van der Waals surface area contributed by atoms with E-state index in [0.717, 1.165) is 18.8 Å². The highest BCUT2D eigenvalue weighted by molar-refractivity contribution is 4.84. The fourth-order valence-electron chi connectivity index (χ4n) is 2.98. The average Bonchev–Trinajstić information content (AvgIpc) is 2.59. The van der Waals surface area contributed by atoms with E-state index >= 15 is 0 Å². The van der Waals surface area contributed by atoms with Gasteiger partial charge >= 0.3 is 0 Å². The Balaban J connectivity index is 2.26. The standard InChI is InChI=1S/C16H34N2/c1-15(2,3)11-14(17)8-10-18-9-7-13(12-18)16(4,5)6/h13-14H,7-12,17H2,1-6H3. The molecule has 0 amide bonds. The highest BCUT2D eigenvalue weighted by atomic mass is 15.1. The molecule has 2 nitrogen and oxygen atoms in total. The zero-order valence-corrected chi connectivity index (χ0v) is 13.4. The summed E-state index contributed by atoms with van der Waals surface area (Å²) in [5, 5.41) is 0. The van der Waals surface area contributed by atoms with Crippen molar-refractivity contribution in [2.24, 2.45) is 22.5 Å². The maximum absolute atomic E-state index is 6.23. The molecule has 0 saturated carbocycles. The third-order valence-corrected chi connectivity index (χ3v) is 4.19. The maximum Gasteiger partial charge on any atom is 0.00559 e. The first-order chi connectivity index (χ1) is 8.08. The van der Waals surface area contributed by atoms with E-state index in [1.807, 2.05) is 0 Å².